The second kappa shape index (κ2) is 5.06. The van der Waals surface area contributed by atoms with Crippen LogP contribution in [0.5, 0.6) is 0 Å². The Morgan fingerprint density at radius 1 is 1.43 bits per heavy atom. The molecular formula is C14H21FN4OS. The molecule has 0 unspecified atom stereocenters. The zero-order valence-corrected chi connectivity index (χ0v) is 12.9. The number of benzene rings is 1. The molecule has 0 bridgehead atoms. The van der Waals surface area contributed by atoms with Gasteiger partial charge in [-0.1, -0.05) is 18.2 Å². The first-order valence-corrected chi connectivity index (χ1v) is 9.02. The van der Waals surface area contributed by atoms with E-state index in [-0.39, 0.29) is 17.5 Å². The number of halogens is 1. The molecule has 3 rings (SSSR count). The third kappa shape index (κ3) is 2.44. The summed E-state index contributed by atoms with van der Waals surface area (Å²) < 4.78 is 32.2. The van der Waals surface area contributed by atoms with Crippen LogP contribution in [0.2, 0.25) is 0 Å². The highest BCUT2D eigenvalue weighted by atomic mass is 32.3. The molecule has 0 radical (unpaired) electrons. The summed E-state index contributed by atoms with van der Waals surface area (Å²) in [5, 5.41) is 0. The minimum absolute atomic E-state index is 0.240. The average Bonchev–Trinajstić information content (AvgIpc) is 2.60. The van der Waals surface area contributed by atoms with Gasteiger partial charge in [0.25, 0.3) is 0 Å². The van der Waals surface area contributed by atoms with Gasteiger partial charge in [-0.3, -0.25) is 8.51 Å². The van der Waals surface area contributed by atoms with Crippen molar-refractivity contribution in [1.29, 1.82) is 0 Å². The van der Waals surface area contributed by atoms with Crippen molar-refractivity contribution >= 4 is 16.3 Å². The van der Waals surface area contributed by atoms with E-state index in [1.165, 1.54) is 6.07 Å². The van der Waals surface area contributed by atoms with Crippen LogP contribution in [-0.2, 0) is 15.8 Å². The van der Waals surface area contributed by atoms with Crippen LogP contribution >= 0.6 is 0 Å². The van der Waals surface area contributed by atoms with Gasteiger partial charge in [-0.2, -0.15) is 0 Å². The maximum atomic E-state index is 14.1. The van der Waals surface area contributed by atoms with Crippen LogP contribution in [0.25, 0.3) is 0 Å². The van der Waals surface area contributed by atoms with Gasteiger partial charge in [0.05, 0.1) is 5.75 Å². The molecule has 0 aliphatic carbocycles. The number of nitrogens with zero attached hydrogens (tertiary/aromatic N) is 2. The van der Waals surface area contributed by atoms with Gasteiger partial charge in [0.2, 0.25) is 5.96 Å². The second-order valence-electron chi connectivity index (χ2n) is 5.82. The van der Waals surface area contributed by atoms with E-state index >= 15 is 0 Å². The summed E-state index contributed by atoms with van der Waals surface area (Å²) in [7, 11) is -2.86. The van der Waals surface area contributed by atoms with Crippen molar-refractivity contribution in [2.75, 3.05) is 18.8 Å². The third-order valence-corrected chi connectivity index (χ3v) is 7.09. The van der Waals surface area contributed by atoms with Gasteiger partial charge in [-0.05, 0) is 25.8 Å². The first-order chi connectivity index (χ1) is 9.95. The highest BCUT2D eigenvalue weighted by Crippen LogP contribution is 2.35. The minimum atomic E-state index is -2.86. The molecule has 0 amide bonds. The van der Waals surface area contributed by atoms with E-state index in [0.29, 0.717) is 18.7 Å². The number of nitrogens with one attached hydrogen (secondary N) is 1. The molecule has 1 fully saturated rings. The summed E-state index contributed by atoms with van der Waals surface area (Å²) >= 11 is 0. The van der Waals surface area contributed by atoms with Crippen molar-refractivity contribution in [3.63, 3.8) is 0 Å². The van der Waals surface area contributed by atoms with Crippen LogP contribution in [0.3, 0.4) is 0 Å². The molecule has 3 N–H and O–H groups in total. The van der Waals surface area contributed by atoms with Crippen LogP contribution < -0.4 is 10.5 Å². The number of fused-ring (bicyclic) bond motifs is 1. The molecule has 0 saturated carbocycles. The number of thiol groups is 1. The second-order valence-corrected chi connectivity index (χ2v) is 8.34. The van der Waals surface area contributed by atoms with Crippen LogP contribution in [-0.4, -0.2) is 33.3 Å². The Kier molecular flexibility index (Phi) is 3.49. The lowest BCUT2D eigenvalue weighted by Gasteiger charge is -2.45. The van der Waals surface area contributed by atoms with Crippen molar-refractivity contribution in [1.82, 2.24) is 9.03 Å². The summed E-state index contributed by atoms with van der Waals surface area (Å²) in [4.78, 5) is 4.48. The van der Waals surface area contributed by atoms with E-state index in [2.05, 4.69) is 9.71 Å². The molecule has 0 spiro atoms. The van der Waals surface area contributed by atoms with Crippen molar-refractivity contribution in [3.05, 3.63) is 35.6 Å². The van der Waals surface area contributed by atoms with Gasteiger partial charge in [0, 0.05) is 29.0 Å². The van der Waals surface area contributed by atoms with Gasteiger partial charge >= 0.3 is 0 Å². The Morgan fingerprint density at radius 3 is 2.95 bits per heavy atom. The van der Waals surface area contributed by atoms with Gasteiger partial charge in [-0.15, -0.1) is 0 Å². The van der Waals surface area contributed by atoms with E-state index in [1.807, 2.05) is 0 Å². The van der Waals surface area contributed by atoms with E-state index in [4.69, 9.17) is 5.73 Å². The summed E-state index contributed by atoms with van der Waals surface area (Å²) in [5.74, 6) is 0.151. The molecule has 116 valence electrons. The molecule has 0 aromatic heterocycles. The highest BCUT2D eigenvalue weighted by Gasteiger charge is 2.43. The highest BCUT2D eigenvalue weighted by molar-refractivity contribution is 7.99. The lowest BCUT2D eigenvalue weighted by atomic mass is 9.94. The molecule has 1 saturated heterocycles. The van der Waals surface area contributed by atoms with Gasteiger partial charge in [-0.25, -0.2) is 14.1 Å². The normalized spacial score (nSPS) is 30.0. The summed E-state index contributed by atoms with van der Waals surface area (Å²) in [6.07, 6.45) is 1.87. The Labute approximate surface area is 125 Å². The van der Waals surface area contributed by atoms with Crippen LogP contribution in [0.15, 0.2) is 29.3 Å². The van der Waals surface area contributed by atoms with E-state index in [0.717, 1.165) is 12.8 Å². The first kappa shape index (κ1) is 14.5. The third-order valence-electron chi connectivity index (χ3n) is 4.15. The van der Waals surface area contributed by atoms with Crippen LogP contribution in [0.1, 0.15) is 25.3 Å². The maximum Gasteiger partial charge on any atom is 0.203 e. The average molecular weight is 312 g/mol. The van der Waals surface area contributed by atoms with Gasteiger partial charge < -0.3 is 5.73 Å². The van der Waals surface area contributed by atoms with Crippen LogP contribution in [0, 0.1) is 5.82 Å². The predicted octanol–water partition coefficient (Wildman–Crippen LogP) is 0.901. The lowest BCUT2D eigenvalue weighted by molar-refractivity contribution is 0.459. The van der Waals surface area contributed by atoms with E-state index < -0.39 is 15.8 Å². The molecule has 2 heterocycles. The topological polar surface area (TPSA) is 70.7 Å². The van der Waals surface area contributed by atoms with E-state index in [9.17, 15) is 8.60 Å². The fourth-order valence-electron chi connectivity index (χ4n) is 3.12. The molecule has 7 heteroatoms. The Hall–Kier alpha value is -1.47. The SMILES string of the molecule is C[C@@]1(c2ccccc2F)C[SH]2(=O)NCCCCN2C(N)=N1. The molecule has 1 aromatic carbocycles. The first-order valence-electron chi connectivity index (χ1n) is 7.17. The molecular weight excluding hydrogens is 291 g/mol. The summed E-state index contributed by atoms with van der Waals surface area (Å²) in [6.45, 7) is 3.11. The number of hydrogen-bond donors (Lipinski definition) is 3. The Bertz CT molecular complexity index is 635. The van der Waals surface area contributed by atoms with Gasteiger partial charge in [0.15, 0.2) is 0 Å². The fourth-order valence-corrected chi connectivity index (χ4v) is 5.99. The zero-order chi connectivity index (χ0) is 15.1. The fraction of sp³-hybridized carbons (Fsp3) is 0.500. The zero-order valence-electron chi connectivity index (χ0n) is 12.1. The number of hydrogen-bond acceptors (Lipinski definition) is 3. The number of aliphatic imine (C=N–C) groups is 1. The number of guanidine groups is 1. The molecule has 2 aliphatic heterocycles. The van der Waals surface area contributed by atoms with E-state index in [1.54, 1.807) is 29.4 Å². The van der Waals surface area contributed by atoms with Crippen molar-refractivity contribution in [2.45, 2.75) is 25.3 Å². The monoisotopic (exact) mass is 312 g/mol. The number of nitrogens with two attached hydrogens (primary N) is 1. The number of rotatable bonds is 1. The van der Waals surface area contributed by atoms with Crippen LogP contribution in [0.4, 0.5) is 4.39 Å². The van der Waals surface area contributed by atoms with Crippen molar-refractivity contribution in [2.24, 2.45) is 10.7 Å². The predicted molar refractivity (Wildman–Crippen MR) is 83.7 cm³/mol. The molecule has 1 atom stereocenters. The Balaban J connectivity index is 2.08. The molecule has 2 aliphatic rings. The smallest absolute Gasteiger partial charge is 0.203 e. The van der Waals surface area contributed by atoms with Gasteiger partial charge in [0.1, 0.15) is 11.4 Å². The van der Waals surface area contributed by atoms with Crippen molar-refractivity contribution in [3.8, 4) is 0 Å². The molecule has 21 heavy (non-hydrogen) atoms. The quantitative estimate of drug-likeness (QED) is 0.674. The largest absolute Gasteiger partial charge is 0.369 e. The molecule has 1 aromatic rings. The minimum Gasteiger partial charge on any atom is -0.369 e. The lowest BCUT2D eigenvalue weighted by Crippen LogP contribution is -2.60. The molecule has 5 nitrogen and oxygen atoms in total. The van der Waals surface area contributed by atoms with Crippen molar-refractivity contribution < 1.29 is 8.60 Å². The summed E-state index contributed by atoms with van der Waals surface area (Å²) in [5.41, 5.74) is 5.58. The maximum absolute atomic E-state index is 14.1. The Morgan fingerprint density at radius 2 is 2.19 bits per heavy atom. The standard InChI is InChI=1S/C14H21FN4OS/c1-14(11-6-2-3-7-12(11)15)10-21(20)17-8-4-5-9-19(21)13(16)18-14/h2-3,6-7,21H,4-5,8-10H2,1H3,(H2,16,18)(H,17,20)/t14-/m0/s1. The summed E-state index contributed by atoms with van der Waals surface area (Å²) in [6, 6.07) is 6.48.